The Hall–Kier alpha value is -1.42. The summed E-state index contributed by atoms with van der Waals surface area (Å²) in [5.41, 5.74) is -1.04. The van der Waals surface area contributed by atoms with Crippen molar-refractivity contribution in [3.63, 3.8) is 0 Å². The number of halogens is 1. The van der Waals surface area contributed by atoms with Crippen LogP contribution in [-0.4, -0.2) is 22.2 Å². The molecule has 0 saturated heterocycles. The average molecular weight is 253 g/mol. The van der Waals surface area contributed by atoms with Gasteiger partial charge < -0.3 is 10.4 Å². The molecule has 1 amide bonds. The van der Waals surface area contributed by atoms with Crippen LogP contribution in [-0.2, 0) is 0 Å². The van der Waals surface area contributed by atoms with Crippen molar-refractivity contribution in [2.24, 2.45) is 0 Å². The highest BCUT2D eigenvalue weighted by Crippen LogP contribution is 2.21. The van der Waals surface area contributed by atoms with Gasteiger partial charge in [0.1, 0.15) is 5.82 Å². The number of carbonyl (C=O) groups is 1. The molecule has 0 heterocycles. The minimum absolute atomic E-state index is 0.328. The van der Waals surface area contributed by atoms with Gasteiger partial charge in [0.15, 0.2) is 0 Å². The predicted molar refractivity (Wildman–Crippen MR) is 69.0 cm³/mol. The van der Waals surface area contributed by atoms with Crippen molar-refractivity contribution in [3.8, 4) is 0 Å². The molecule has 0 atom stereocenters. The normalized spacial score (nSPS) is 12.4. The first-order valence-electron chi connectivity index (χ1n) is 5.85. The fourth-order valence-corrected chi connectivity index (χ4v) is 1.29. The number of hydrogen-bond donors (Lipinski definition) is 2. The molecule has 18 heavy (non-hydrogen) atoms. The molecule has 1 aromatic carbocycles. The van der Waals surface area contributed by atoms with E-state index >= 15 is 0 Å². The number of benzene rings is 1. The van der Waals surface area contributed by atoms with Crippen molar-refractivity contribution in [1.82, 2.24) is 5.32 Å². The molecule has 0 saturated carbocycles. The van der Waals surface area contributed by atoms with Crippen LogP contribution in [0.1, 0.15) is 43.6 Å². The second-order valence-electron chi connectivity index (χ2n) is 5.60. The maximum absolute atomic E-state index is 13.1. The van der Waals surface area contributed by atoms with Crippen LogP contribution >= 0.6 is 0 Å². The number of hydrogen-bond acceptors (Lipinski definition) is 2. The van der Waals surface area contributed by atoms with E-state index in [4.69, 9.17) is 0 Å². The maximum Gasteiger partial charge on any atom is 0.251 e. The molecule has 100 valence electrons. The number of amides is 1. The monoisotopic (exact) mass is 253 g/mol. The summed E-state index contributed by atoms with van der Waals surface area (Å²) in [6.07, 6.45) is 0. The molecule has 3 nitrogen and oxygen atoms in total. The summed E-state index contributed by atoms with van der Waals surface area (Å²) in [6, 6.07) is 4.19. The zero-order chi connectivity index (χ0) is 14.1. The molecule has 0 aliphatic carbocycles. The fourth-order valence-electron chi connectivity index (χ4n) is 1.29. The Balaban J connectivity index is 2.93. The molecule has 0 unspecified atom stereocenters. The molecular formula is C14H20FNO2. The van der Waals surface area contributed by atoms with Crippen molar-refractivity contribution >= 4 is 5.91 Å². The quantitative estimate of drug-likeness (QED) is 0.869. The molecule has 0 aliphatic rings. The number of aliphatic hydroxyl groups is 1. The molecule has 1 aromatic rings. The second kappa shape index (κ2) is 4.69. The van der Waals surface area contributed by atoms with E-state index < -0.39 is 11.1 Å². The molecule has 4 heteroatoms. The van der Waals surface area contributed by atoms with Gasteiger partial charge in [0.2, 0.25) is 0 Å². The molecule has 0 aromatic heterocycles. The summed E-state index contributed by atoms with van der Waals surface area (Å²) in [7, 11) is 0. The second-order valence-corrected chi connectivity index (χ2v) is 5.60. The van der Waals surface area contributed by atoms with E-state index in [0.29, 0.717) is 11.1 Å². The molecule has 0 spiro atoms. The van der Waals surface area contributed by atoms with Crippen LogP contribution in [0.25, 0.3) is 0 Å². The topological polar surface area (TPSA) is 49.3 Å². The minimum Gasteiger partial charge on any atom is -0.388 e. The number of carbonyl (C=O) groups excluding carboxylic acids is 1. The van der Waals surface area contributed by atoms with Crippen LogP contribution in [0.2, 0.25) is 0 Å². The molecule has 0 aliphatic heterocycles. The highest BCUT2D eigenvalue weighted by Gasteiger charge is 2.36. The third-order valence-corrected chi connectivity index (χ3v) is 3.38. The summed E-state index contributed by atoms with van der Waals surface area (Å²) in [5, 5.41) is 12.7. The van der Waals surface area contributed by atoms with E-state index in [1.165, 1.54) is 18.2 Å². The fraction of sp³-hybridized carbons (Fsp3) is 0.500. The Morgan fingerprint density at radius 3 is 2.28 bits per heavy atom. The Kier molecular flexibility index (Phi) is 3.81. The number of nitrogens with one attached hydrogen (secondary N) is 1. The largest absolute Gasteiger partial charge is 0.388 e. The van der Waals surface area contributed by atoms with Crippen LogP contribution in [0.3, 0.4) is 0 Å². The SMILES string of the molecule is Cc1cc(C(=O)NC(C)(C)C(C)(C)O)ccc1F. The Labute approximate surface area is 107 Å². The van der Waals surface area contributed by atoms with Gasteiger partial charge in [0.25, 0.3) is 5.91 Å². The van der Waals surface area contributed by atoms with Crippen molar-refractivity contribution in [3.05, 3.63) is 35.1 Å². The van der Waals surface area contributed by atoms with Crippen molar-refractivity contribution in [2.75, 3.05) is 0 Å². The molecule has 0 bridgehead atoms. The van der Waals surface area contributed by atoms with Gasteiger partial charge in [-0.05, 0) is 58.4 Å². The van der Waals surface area contributed by atoms with Crippen LogP contribution in [0, 0.1) is 12.7 Å². The Bertz CT molecular complexity index is 461. The number of rotatable bonds is 3. The first-order valence-corrected chi connectivity index (χ1v) is 5.85. The van der Waals surface area contributed by atoms with Gasteiger partial charge >= 0.3 is 0 Å². The Morgan fingerprint density at radius 2 is 1.83 bits per heavy atom. The highest BCUT2D eigenvalue weighted by molar-refractivity contribution is 5.94. The van der Waals surface area contributed by atoms with Gasteiger partial charge in [-0.3, -0.25) is 4.79 Å². The lowest BCUT2D eigenvalue weighted by Crippen LogP contribution is -2.57. The first-order chi connectivity index (χ1) is 8.04. The van der Waals surface area contributed by atoms with Crippen LogP contribution < -0.4 is 5.32 Å². The van der Waals surface area contributed by atoms with Gasteiger partial charge in [-0.2, -0.15) is 0 Å². The van der Waals surface area contributed by atoms with E-state index in [1.54, 1.807) is 34.6 Å². The van der Waals surface area contributed by atoms with Gasteiger partial charge in [-0.25, -0.2) is 4.39 Å². The summed E-state index contributed by atoms with van der Waals surface area (Å²) in [4.78, 5) is 12.0. The van der Waals surface area contributed by atoms with Crippen molar-refractivity contribution < 1.29 is 14.3 Å². The van der Waals surface area contributed by atoms with Gasteiger partial charge in [-0.15, -0.1) is 0 Å². The lowest BCUT2D eigenvalue weighted by atomic mass is 9.85. The molecule has 0 radical (unpaired) electrons. The molecular weight excluding hydrogens is 233 g/mol. The minimum atomic E-state index is -1.06. The van der Waals surface area contributed by atoms with E-state index in [2.05, 4.69) is 5.32 Å². The van der Waals surface area contributed by atoms with E-state index in [0.717, 1.165) is 0 Å². The lowest BCUT2D eigenvalue weighted by molar-refractivity contribution is -0.00293. The van der Waals surface area contributed by atoms with Crippen LogP contribution in [0.15, 0.2) is 18.2 Å². The van der Waals surface area contributed by atoms with Gasteiger partial charge in [0.05, 0.1) is 11.1 Å². The summed E-state index contributed by atoms with van der Waals surface area (Å²) < 4.78 is 13.1. The van der Waals surface area contributed by atoms with Crippen LogP contribution in [0.5, 0.6) is 0 Å². The maximum atomic E-state index is 13.1. The smallest absolute Gasteiger partial charge is 0.251 e. The lowest BCUT2D eigenvalue weighted by Gasteiger charge is -2.38. The molecule has 2 N–H and O–H groups in total. The zero-order valence-electron chi connectivity index (χ0n) is 11.5. The first kappa shape index (κ1) is 14.6. The summed E-state index contributed by atoms with van der Waals surface area (Å²) >= 11 is 0. The highest BCUT2D eigenvalue weighted by atomic mass is 19.1. The third-order valence-electron chi connectivity index (χ3n) is 3.38. The van der Waals surface area contributed by atoms with Crippen molar-refractivity contribution in [1.29, 1.82) is 0 Å². The van der Waals surface area contributed by atoms with E-state index in [1.807, 2.05) is 0 Å². The molecule has 0 fully saturated rings. The summed E-state index contributed by atoms with van der Waals surface area (Å²) in [6.45, 7) is 8.34. The molecule has 1 rings (SSSR count). The van der Waals surface area contributed by atoms with Crippen molar-refractivity contribution in [2.45, 2.75) is 45.8 Å². The predicted octanol–water partition coefficient (Wildman–Crippen LogP) is 2.41. The van der Waals surface area contributed by atoms with E-state index in [9.17, 15) is 14.3 Å². The number of aryl methyl sites for hydroxylation is 1. The zero-order valence-corrected chi connectivity index (χ0v) is 11.5. The van der Waals surface area contributed by atoms with Gasteiger partial charge in [0, 0.05) is 5.56 Å². The van der Waals surface area contributed by atoms with Gasteiger partial charge in [-0.1, -0.05) is 0 Å². The Morgan fingerprint density at radius 1 is 1.28 bits per heavy atom. The van der Waals surface area contributed by atoms with E-state index in [-0.39, 0.29) is 11.7 Å². The standard InChI is InChI=1S/C14H20FNO2/c1-9-8-10(6-7-11(9)15)12(17)16-13(2,3)14(4,5)18/h6-8,18H,1-5H3,(H,16,17). The third kappa shape index (κ3) is 3.07. The summed E-state index contributed by atoms with van der Waals surface area (Å²) in [5.74, 6) is -0.668. The van der Waals surface area contributed by atoms with Crippen LogP contribution in [0.4, 0.5) is 4.39 Å². The average Bonchev–Trinajstić information content (AvgIpc) is 2.19.